The van der Waals surface area contributed by atoms with Crippen molar-refractivity contribution in [1.82, 2.24) is 10.2 Å². The van der Waals surface area contributed by atoms with Crippen molar-refractivity contribution < 1.29 is 27.3 Å². The summed E-state index contributed by atoms with van der Waals surface area (Å²) in [5.74, 6) is -1.57. The Morgan fingerprint density at radius 2 is 1.68 bits per heavy atom. The largest absolute Gasteiger partial charge is 0.352 e. The molecule has 10 nitrogen and oxygen atoms in total. The fourth-order valence-electron chi connectivity index (χ4n) is 4.77. The first-order chi connectivity index (χ1) is 19.6. The highest BCUT2D eigenvalue weighted by Crippen LogP contribution is 2.28. The van der Waals surface area contributed by atoms with Crippen molar-refractivity contribution in [2.45, 2.75) is 56.1 Å². The molecule has 0 spiro atoms. The van der Waals surface area contributed by atoms with Crippen molar-refractivity contribution in [1.29, 1.82) is 0 Å². The van der Waals surface area contributed by atoms with Crippen molar-refractivity contribution in [3.63, 3.8) is 0 Å². The van der Waals surface area contributed by atoms with E-state index in [0.717, 1.165) is 36.1 Å². The van der Waals surface area contributed by atoms with Gasteiger partial charge in [-0.1, -0.05) is 49.2 Å². The second-order valence-corrected chi connectivity index (χ2v) is 11.8. The van der Waals surface area contributed by atoms with E-state index < -0.39 is 39.3 Å². The van der Waals surface area contributed by atoms with Crippen LogP contribution >= 0.6 is 0 Å². The third-order valence-corrected chi connectivity index (χ3v) is 8.86. The third kappa shape index (κ3) is 7.26. The normalized spacial score (nSPS) is 14.3. The number of hydrogen-bond donors (Lipinski definition) is 1. The Hall–Kier alpha value is -4.32. The molecule has 1 N–H and O–H groups in total. The van der Waals surface area contributed by atoms with Gasteiger partial charge in [0.1, 0.15) is 18.4 Å². The first-order valence-corrected chi connectivity index (χ1v) is 14.7. The fraction of sp³-hybridized carbons (Fsp3) is 0.310. The maximum Gasteiger partial charge on any atom is 0.271 e. The van der Waals surface area contributed by atoms with E-state index in [1.807, 2.05) is 0 Å². The second-order valence-electron chi connectivity index (χ2n) is 9.92. The Kier molecular flexibility index (Phi) is 9.33. The van der Waals surface area contributed by atoms with Crippen molar-refractivity contribution >= 4 is 33.2 Å². The molecular weight excluding hydrogens is 551 g/mol. The monoisotopic (exact) mass is 582 g/mol. The highest BCUT2D eigenvalue weighted by atomic mass is 32.2. The summed E-state index contributed by atoms with van der Waals surface area (Å²) in [5.41, 5.74) is 0.102. The number of nitrogens with zero attached hydrogens (tertiary/aromatic N) is 3. The summed E-state index contributed by atoms with van der Waals surface area (Å²) in [6.07, 6.45) is 3.65. The highest BCUT2D eigenvalue weighted by Gasteiger charge is 2.33. The van der Waals surface area contributed by atoms with Crippen LogP contribution in [0.4, 0.5) is 15.8 Å². The van der Waals surface area contributed by atoms with Crippen LogP contribution in [0, 0.1) is 15.9 Å². The van der Waals surface area contributed by atoms with Crippen LogP contribution in [-0.2, 0) is 26.2 Å². The van der Waals surface area contributed by atoms with Crippen molar-refractivity contribution in [2.24, 2.45) is 0 Å². The number of carbonyl (C=O) groups excluding carboxylic acids is 2. The number of anilines is 1. The molecule has 0 unspecified atom stereocenters. The average Bonchev–Trinajstić information content (AvgIpc) is 3.48. The molecule has 0 bridgehead atoms. The van der Waals surface area contributed by atoms with E-state index in [0.29, 0.717) is 5.56 Å². The van der Waals surface area contributed by atoms with E-state index in [9.17, 15) is 32.5 Å². The lowest BCUT2D eigenvalue weighted by atomic mass is 10.1. The maximum absolute atomic E-state index is 13.9. The smallest absolute Gasteiger partial charge is 0.271 e. The highest BCUT2D eigenvalue weighted by molar-refractivity contribution is 7.92. The zero-order valence-corrected chi connectivity index (χ0v) is 23.3. The number of carbonyl (C=O) groups is 2. The van der Waals surface area contributed by atoms with Gasteiger partial charge in [-0.15, -0.1) is 0 Å². The van der Waals surface area contributed by atoms with E-state index in [4.69, 9.17) is 0 Å². The molecule has 3 aromatic carbocycles. The molecule has 12 heteroatoms. The minimum atomic E-state index is -4.36. The van der Waals surface area contributed by atoms with Gasteiger partial charge in [0.05, 0.1) is 15.5 Å². The average molecular weight is 583 g/mol. The van der Waals surface area contributed by atoms with Gasteiger partial charge in [-0.2, -0.15) is 0 Å². The molecule has 3 aromatic rings. The SMILES string of the molecule is C[C@H](C(=O)NC1CCCC1)N(Cc1ccc(F)cc1)C(=O)CN(c1cccc([N+](=O)[O-])c1)S(=O)(=O)c1ccccc1. The summed E-state index contributed by atoms with van der Waals surface area (Å²) in [6.45, 7) is 0.724. The lowest BCUT2D eigenvalue weighted by molar-refractivity contribution is -0.384. The van der Waals surface area contributed by atoms with E-state index in [1.165, 1.54) is 71.6 Å². The minimum absolute atomic E-state index is 0.00690. The van der Waals surface area contributed by atoms with Crippen LogP contribution in [0.5, 0.6) is 0 Å². The first kappa shape index (κ1) is 29.7. The van der Waals surface area contributed by atoms with Crippen molar-refractivity contribution in [3.05, 3.63) is 100 Å². The molecule has 0 heterocycles. The Bertz CT molecular complexity index is 1500. The Morgan fingerprint density at radius 3 is 2.32 bits per heavy atom. The number of nitrogens with one attached hydrogen (secondary N) is 1. The van der Waals surface area contributed by atoms with Gasteiger partial charge in [-0.25, -0.2) is 12.8 Å². The molecular formula is C29H31FN4O6S. The Morgan fingerprint density at radius 1 is 1.02 bits per heavy atom. The summed E-state index contributed by atoms with van der Waals surface area (Å²) < 4.78 is 41.9. The lowest BCUT2D eigenvalue weighted by Gasteiger charge is -2.32. The number of nitro benzene ring substituents is 1. The summed E-state index contributed by atoms with van der Waals surface area (Å²) >= 11 is 0. The predicted molar refractivity (Wildman–Crippen MR) is 151 cm³/mol. The topological polar surface area (TPSA) is 130 Å². The molecule has 1 aliphatic rings. The Balaban J connectivity index is 1.70. The molecule has 0 aromatic heterocycles. The first-order valence-electron chi connectivity index (χ1n) is 13.2. The van der Waals surface area contributed by atoms with Crippen LogP contribution in [0.15, 0.2) is 83.8 Å². The number of non-ortho nitro benzene ring substituents is 1. The van der Waals surface area contributed by atoms with Gasteiger partial charge < -0.3 is 10.2 Å². The number of benzene rings is 3. The molecule has 1 aliphatic carbocycles. The summed E-state index contributed by atoms with van der Waals surface area (Å²) in [6, 6.07) is 16.8. The van der Waals surface area contributed by atoms with Crippen LogP contribution in [-0.4, -0.2) is 48.7 Å². The Labute approximate surface area is 238 Å². The molecule has 41 heavy (non-hydrogen) atoms. The minimum Gasteiger partial charge on any atom is -0.352 e. The number of sulfonamides is 1. The van der Waals surface area contributed by atoms with Crippen molar-refractivity contribution in [3.8, 4) is 0 Å². The van der Waals surface area contributed by atoms with Crippen LogP contribution in [0.1, 0.15) is 38.2 Å². The zero-order valence-electron chi connectivity index (χ0n) is 22.5. The number of hydrogen-bond acceptors (Lipinski definition) is 6. The van der Waals surface area contributed by atoms with Crippen LogP contribution in [0.2, 0.25) is 0 Å². The predicted octanol–water partition coefficient (Wildman–Crippen LogP) is 4.41. The van der Waals surface area contributed by atoms with Crippen LogP contribution < -0.4 is 9.62 Å². The molecule has 0 aliphatic heterocycles. The van der Waals surface area contributed by atoms with E-state index >= 15 is 0 Å². The van der Waals surface area contributed by atoms with E-state index in [2.05, 4.69) is 5.32 Å². The number of nitro groups is 1. The molecule has 0 saturated heterocycles. The van der Waals surface area contributed by atoms with Crippen LogP contribution in [0.3, 0.4) is 0 Å². The lowest BCUT2D eigenvalue weighted by Crippen LogP contribution is -2.52. The van der Waals surface area contributed by atoms with Gasteiger partial charge in [0.2, 0.25) is 11.8 Å². The standard InChI is InChI=1S/C29H31FN4O6S/c1-21(29(36)31-24-8-5-6-9-24)32(19-22-14-16-23(30)17-15-22)28(35)20-33(25-10-7-11-26(18-25)34(37)38)41(39,40)27-12-3-2-4-13-27/h2-4,7,10-18,21,24H,5-6,8-9,19-20H2,1H3,(H,31,36)/t21-/m1/s1. The van der Waals surface area contributed by atoms with Gasteiger partial charge in [0.15, 0.2) is 0 Å². The summed E-state index contributed by atoms with van der Waals surface area (Å²) in [5, 5.41) is 14.4. The molecule has 216 valence electrons. The van der Waals surface area contributed by atoms with Gasteiger partial charge >= 0.3 is 0 Å². The maximum atomic E-state index is 13.9. The van der Waals surface area contributed by atoms with Crippen molar-refractivity contribution in [2.75, 3.05) is 10.8 Å². The second kappa shape index (κ2) is 12.9. The van der Waals surface area contributed by atoms with Gasteiger partial charge in [-0.05, 0) is 55.7 Å². The number of amides is 2. The van der Waals surface area contributed by atoms with Gasteiger partial charge in [-0.3, -0.25) is 24.0 Å². The fourth-order valence-corrected chi connectivity index (χ4v) is 6.20. The summed E-state index contributed by atoms with van der Waals surface area (Å²) in [7, 11) is -4.36. The van der Waals surface area contributed by atoms with E-state index in [-0.39, 0.29) is 34.8 Å². The molecule has 0 radical (unpaired) electrons. The molecule has 1 fully saturated rings. The quantitative estimate of drug-likeness (QED) is 0.263. The molecule has 1 atom stereocenters. The third-order valence-electron chi connectivity index (χ3n) is 7.07. The van der Waals surface area contributed by atoms with E-state index in [1.54, 1.807) is 13.0 Å². The molecule has 2 amide bonds. The summed E-state index contributed by atoms with van der Waals surface area (Å²) in [4.78, 5) is 39.0. The van der Waals surface area contributed by atoms with Crippen LogP contribution in [0.25, 0.3) is 0 Å². The molecule has 1 saturated carbocycles. The van der Waals surface area contributed by atoms with Gasteiger partial charge in [0, 0.05) is 24.7 Å². The van der Waals surface area contributed by atoms with Gasteiger partial charge in [0.25, 0.3) is 15.7 Å². The number of halogens is 1. The number of rotatable bonds is 11. The zero-order chi connectivity index (χ0) is 29.6. The molecule has 4 rings (SSSR count).